The second-order valence-corrected chi connectivity index (χ2v) is 2.98. The molecule has 0 atom stereocenters. The zero-order valence-corrected chi connectivity index (χ0v) is 7.80. The van der Waals surface area contributed by atoms with E-state index >= 15 is 0 Å². The maximum absolute atomic E-state index is 11.0. The van der Waals surface area contributed by atoms with Gasteiger partial charge >= 0.3 is 5.97 Å². The van der Waals surface area contributed by atoms with Crippen molar-refractivity contribution < 1.29 is 14.7 Å². The Hall–Kier alpha value is -1.32. The normalized spacial score (nSPS) is 9.31. The van der Waals surface area contributed by atoms with E-state index in [-0.39, 0.29) is 18.7 Å². The van der Waals surface area contributed by atoms with Crippen LogP contribution in [0.15, 0.2) is 12.2 Å². The average Bonchev–Trinajstić information content (AvgIpc) is 2.00. The van der Waals surface area contributed by atoms with Crippen LogP contribution in [0.5, 0.6) is 0 Å². The van der Waals surface area contributed by atoms with Crippen LogP contribution in [0.1, 0.15) is 26.2 Å². The van der Waals surface area contributed by atoms with Gasteiger partial charge in [0.1, 0.15) is 0 Å². The molecule has 0 rings (SSSR count). The van der Waals surface area contributed by atoms with Gasteiger partial charge in [0.05, 0.1) is 0 Å². The Balaban J connectivity index is 3.41. The van der Waals surface area contributed by atoms with Gasteiger partial charge in [0.2, 0.25) is 5.91 Å². The third-order valence-electron chi connectivity index (χ3n) is 1.38. The van der Waals surface area contributed by atoms with Gasteiger partial charge in [-0.05, 0) is 13.3 Å². The Labute approximate surface area is 77.6 Å². The van der Waals surface area contributed by atoms with Gasteiger partial charge in [0.15, 0.2) is 0 Å². The van der Waals surface area contributed by atoms with E-state index in [9.17, 15) is 9.59 Å². The topological polar surface area (TPSA) is 66.4 Å². The quantitative estimate of drug-likeness (QED) is 0.605. The van der Waals surface area contributed by atoms with Crippen molar-refractivity contribution in [1.82, 2.24) is 5.32 Å². The van der Waals surface area contributed by atoms with Crippen molar-refractivity contribution in [3.63, 3.8) is 0 Å². The highest BCUT2D eigenvalue weighted by Crippen LogP contribution is 1.95. The smallest absolute Gasteiger partial charge is 0.303 e. The van der Waals surface area contributed by atoms with Crippen molar-refractivity contribution in [1.29, 1.82) is 0 Å². The molecule has 0 aliphatic rings. The van der Waals surface area contributed by atoms with E-state index in [1.807, 2.05) is 6.92 Å². The molecule has 0 aromatic carbocycles. The standard InChI is InChI=1S/C9H15NO3/c1-7(2)6-10-8(11)4-3-5-9(12)13/h1,3-6H2,2H3,(H,10,11)(H,12,13). The van der Waals surface area contributed by atoms with E-state index in [0.29, 0.717) is 13.0 Å². The molecular weight excluding hydrogens is 170 g/mol. The van der Waals surface area contributed by atoms with Crippen LogP contribution in [0.25, 0.3) is 0 Å². The van der Waals surface area contributed by atoms with Crippen LogP contribution in [0.2, 0.25) is 0 Å². The Morgan fingerprint density at radius 3 is 2.46 bits per heavy atom. The molecule has 0 aliphatic carbocycles. The highest BCUT2D eigenvalue weighted by molar-refractivity contribution is 5.76. The summed E-state index contributed by atoms with van der Waals surface area (Å²) < 4.78 is 0. The van der Waals surface area contributed by atoms with Crippen molar-refractivity contribution in [2.45, 2.75) is 26.2 Å². The Kier molecular flexibility index (Phi) is 5.59. The summed E-state index contributed by atoms with van der Waals surface area (Å²) in [5.41, 5.74) is 0.881. The molecule has 0 unspecified atom stereocenters. The molecule has 1 amide bonds. The predicted octanol–water partition coefficient (Wildman–Crippen LogP) is 0.934. The molecule has 2 N–H and O–H groups in total. The second-order valence-electron chi connectivity index (χ2n) is 2.98. The molecule has 4 nitrogen and oxygen atoms in total. The number of carbonyl (C=O) groups excluding carboxylic acids is 1. The molecule has 0 radical (unpaired) electrons. The van der Waals surface area contributed by atoms with Gasteiger partial charge in [-0.1, -0.05) is 12.2 Å². The Morgan fingerprint density at radius 2 is 2.00 bits per heavy atom. The van der Waals surface area contributed by atoms with Gasteiger partial charge in [-0.3, -0.25) is 9.59 Å². The van der Waals surface area contributed by atoms with E-state index in [1.165, 1.54) is 0 Å². The number of rotatable bonds is 6. The summed E-state index contributed by atoms with van der Waals surface area (Å²) >= 11 is 0. The van der Waals surface area contributed by atoms with Crippen molar-refractivity contribution in [3.8, 4) is 0 Å². The van der Waals surface area contributed by atoms with Crippen LogP contribution >= 0.6 is 0 Å². The Morgan fingerprint density at radius 1 is 1.38 bits per heavy atom. The van der Waals surface area contributed by atoms with E-state index in [2.05, 4.69) is 11.9 Å². The maximum Gasteiger partial charge on any atom is 0.303 e. The molecule has 0 saturated carbocycles. The maximum atomic E-state index is 11.0. The van der Waals surface area contributed by atoms with E-state index in [0.717, 1.165) is 5.57 Å². The third-order valence-corrected chi connectivity index (χ3v) is 1.38. The predicted molar refractivity (Wildman–Crippen MR) is 49.3 cm³/mol. The first-order valence-electron chi connectivity index (χ1n) is 4.15. The largest absolute Gasteiger partial charge is 0.481 e. The van der Waals surface area contributed by atoms with E-state index in [1.54, 1.807) is 0 Å². The lowest BCUT2D eigenvalue weighted by atomic mass is 10.2. The summed E-state index contributed by atoms with van der Waals surface area (Å²) in [6.07, 6.45) is 0.692. The van der Waals surface area contributed by atoms with Crippen molar-refractivity contribution in [2.75, 3.05) is 6.54 Å². The third kappa shape index (κ3) is 8.59. The highest BCUT2D eigenvalue weighted by Gasteiger charge is 2.02. The van der Waals surface area contributed by atoms with Gasteiger partial charge in [-0.25, -0.2) is 0 Å². The van der Waals surface area contributed by atoms with Crippen LogP contribution in [-0.2, 0) is 9.59 Å². The molecule has 13 heavy (non-hydrogen) atoms. The van der Waals surface area contributed by atoms with Gasteiger partial charge in [-0.2, -0.15) is 0 Å². The van der Waals surface area contributed by atoms with Gasteiger partial charge in [0.25, 0.3) is 0 Å². The summed E-state index contributed by atoms with van der Waals surface area (Å²) in [4.78, 5) is 21.1. The summed E-state index contributed by atoms with van der Waals surface area (Å²) in [5.74, 6) is -0.989. The second kappa shape index (κ2) is 6.22. The molecule has 0 aromatic rings. The monoisotopic (exact) mass is 185 g/mol. The summed E-state index contributed by atoms with van der Waals surface area (Å²) in [6, 6.07) is 0. The molecule has 0 spiro atoms. The molecule has 0 saturated heterocycles. The van der Waals surface area contributed by atoms with Crippen molar-refractivity contribution in [2.24, 2.45) is 0 Å². The number of carboxylic acid groups (broad SMARTS) is 1. The van der Waals surface area contributed by atoms with Gasteiger partial charge in [0, 0.05) is 19.4 Å². The van der Waals surface area contributed by atoms with Gasteiger partial charge in [-0.15, -0.1) is 0 Å². The molecule has 0 fully saturated rings. The van der Waals surface area contributed by atoms with E-state index in [4.69, 9.17) is 5.11 Å². The lowest BCUT2D eigenvalue weighted by molar-refractivity contribution is -0.137. The molecule has 74 valence electrons. The number of carbonyl (C=O) groups is 2. The van der Waals surface area contributed by atoms with Crippen LogP contribution in [0.4, 0.5) is 0 Å². The summed E-state index contributed by atoms with van der Waals surface area (Å²) in [6.45, 7) is 5.91. The fourth-order valence-electron chi connectivity index (χ4n) is 0.738. The van der Waals surface area contributed by atoms with Crippen LogP contribution in [0, 0.1) is 0 Å². The number of amides is 1. The van der Waals surface area contributed by atoms with Crippen LogP contribution in [0.3, 0.4) is 0 Å². The minimum atomic E-state index is -0.868. The Bertz CT molecular complexity index is 211. The molecule has 4 heteroatoms. The molecule has 0 aliphatic heterocycles. The average molecular weight is 185 g/mol. The fraction of sp³-hybridized carbons (Fsp3) is 0.556. The zero-order valence-electron chi connectivity index (χ0n) is 7.80. The molecule has 0 heterocycles. The lowest BCUT2D eigenvalue weighted by Crippen LogP contribution is -2.24. The highest BCUT2D eigenvalue weighted by atomic mass is 16.4. The lowest BCUT2D eigenvalue weighted by Gasteiger charge is -2.02. The first-order chi connectivity index (χ1) is 6.02. The van der Waals surface area contributed by atoms with Crippen molar-refractivity contribution in [3.05, 3.63) is 12.2 Å². The number of hydrogen-bond donors (Lipinski definition) is 2. The minimum Gasteiger partial charge on any atom is -0.481 e. The fourth-order valence-corrected chi connectivity index (χ4v) is 0.738. The zero-order chi connectivity index (χ0) is 10.3. The van der Waals surface area contributed by atoms with Crippen LogP contribution < -0.4 is 5.32 Å². The number of hydrogen-bond acceptors (Lipinski definition) is 2. The van der Waals surface area contributed by atoms with E-state index < -0.39 is 5.97 Å². The summed E-state index contributed by atoms with van der Waals surface area (Å²) in [5, 5.41) is 10.9. The van der Waals surface area contributed by atoms with Gasteiger partial charge < -0.3 is 10.4 Å². The first kappa shape index (κ1) is 11.7. The summed E-state index contributed by atoms with van der Waals surface area (Å²) in [7, 11) is 0. The number of nitrogens with one attached hydrogen (secondary N) is 1. The van der Waals surface area contributed by atoms with Crippen LogP contribution in [-0.4, -0.2) is 23.5 Å². The number of aliphatic carboxylic acids is 1. The number of carboxylic acids is 1. The first-order valence-corrected chi connectivity index (χ1v) is 4.15. The molecule has 0 aromatic heterocycles. The SMILES string of the molecule is C=C(C)CNC(=O)CCCC(=O)O. The molecular formula is C9H15NO3. The minimum absolute atomic E-state index is 0.0422. The molecule has 0 bridgehead atoms. The van der Waals surface area contributed by atoms with Crippen molar-refractivity contribution >= 4 is 11.9 Å².